The first-order valence-corrected chi connectivity index (χ1v) is 11.5. The highest BCUT2D eigenvalue weighted by atomic mass is 35.5. The molecule has 1 aliphatic rings. The maximum atomic E-state index is 12.8. The van der Waals surface area contributed by atoms with Gasteiger partial charge in [0.15, 0.2) is 6.10 Å². The van der Waals surface area contributed by atoms with E-state index in [0.29, 0.717) is 5.69 Å². The van der Waals surface area contributed by atoms with Crippen LogP contribution in [0.2, 0.25) is 5.02 Å². The summed E-state index contributed by atoms with van der Waals surface area (Å²) in [5.74, 6) is -0.434. The van der Waals surface area contributed by atoms with Crippen LogP contribution in [-0.2, 0) is 20.2 Å². The van der Waals surface area contributed by atoms with Crippen LogP contribution in [0, 0.1) is 10.1 Å². The Morgan fingerprint density at radius 3 is 2.52 bits per heavy atom. The molecule has 2 aromatic carbocycles. The Bertz CT molecular complexity index is 1160. The van der Waals surface area contributed by atoms with E-state index in [0.717, 1.165) is 22.2 Å². The van der Waals surface area contributed by atoms with Gasteiger partial charge in [0.2, 0.25) is 10.0 Å². The molecule has 0 fully saturated rings. The van der Waals surface area contributed by atoms with E-state index >= 15 is 0 Å². The summed E-state index contributed by atoms with van der Waals surface area (Å²) in [6.07, 6.45) is -0.129. The smallest absolute Gasteiger partial charge is 0.271 e. The van der Waals surface area contributed by atoms with Crippen molar-refractivity contribution in [3.63, 3.8) is 0 Å². The van der Waals surface area contributed by atoms with Crippen molar-refractivity contribution in [2.75, 3.05) is 22.4 Å². The average molecular weight is 468 g/mol. The van der Waals surface area contributed by atoms with E-state index in [2.05, 4.69) is 5.32 Å². The molecule has 9 nitrogen and oxygen atoms in total. The summed E-state index contributed by atoms with van der Waals surface area (Å²) >= 11 is 6.04. The number of hydrogen-bond donors (Lipinski definition) is 1. The molecule has 0 saturated carbocycles. The zero-order valence-electron chi connectivity index (χ0n) is 17.4. The molecule has 31 heavy (non-hydrogen) atoms. The third kappa shape index (κ3) is 4.91. The number of hydrogen-bond acceptors (Lipinski definition) is 6. The lowest BCUT2D eigenvalue weighted by Gasteiger charge is -2.35. The number of non-ortho nitro benzene ring substituents is 1. The van der Waals surface area contributed by atoms with Crippen molar-refractivity contribution in [3.8, 4) is 5.75 Å². The topological polar surface area (TPSA) is 119 Å². The molecule has 1 unspecified atom stereocenters. The molecule has 1 N–H and O–H groups in total. The number of sulfonamides is 1. The number of nitro benzene ring substituents is 1. The van der Waals surface area contributed by atoms with Gasteiger partial charge in [-0.15, -0.1) is 0 Å². The van der Waals surface area contributed by atoms with Crippen LogP contribution in [0.15, 0.2) is 36.4 Å². The number of carbonyl (C=O) groups excluding carboxylic acids is 1. The van der Waals surface area contributed by atoms with Gasteiger partial charge in [0.25, 0.3) is 11.6 Å². The van der Waals surface area contributed by atoms with Gasteiger partial charge < -0.3 is 10.1 Å². The highest BCUT2D eigenvalue weighted by molar-refractivity contribution is 7.92. The van der Waals surface area contributed by atoms with Crippen LogP contribution in [0.3, 0.4) is 0 Å². The number of amides is 1. The number of ether oxygens (including phenoxy) is 1. The minimum Gasteiger partial charge on any atom is -0.476 e. The van der Waals surface area contributed by atoms with Crippen molar-refractivity contribution in [1.29, 1.82) is 0 Å². The monoisotopic (exact) mass is 467 g/mol. The standard InChI is InChI=1S/C20H22ClN3O6S/c1-20(2,3)12-5-8-17-16(9-12)23(31(4,28)29)11-18(30-17)19(25)22-15-10-13(24(26)27)6-7-14(15)21/h5-10,18H,11H2,1-4H3,(H,22,25). The van der Waals surface area contributed by atoms with Crippen LogP contribution < -0.4 is 14.4 Å². The quantitative estimate of drug-likeness (QED) is 0.540. The summed E-state index contributed by atoms with van der Waals surface area (Å²) in [5.41, 5.74) is 0.832. The van der Waals surface area contributed by atoms with Crippen LogP contribution in [-0.4, -0.2) is 38.2 Å². The molecule has 1 aliphatic heterocycles. The van der Waals surface area contributed by atoms with Crippen molar-refractivity contribution in [2.24, 2.45) is 0 Å². The molecule has 0 radical (unpaired) electrons. The Hall–Kier alpha value is -2.85. The fraction of sp³-hybridized carbons (Fsp3) is 0.350. The van der Waals surface area contributed by atoms with Crippen molar-refractivity contribution in [2.45, 2.75) is 32.3 Å². The Labute approximate surface area is 185 Å². The molecule has 0 bridgehead atoms. The first-order valence-electron chi connectivity index (χ1n) is 9.31. The van der Waals surface area contributed by atoms with E-state index in [1.54, 1.807) is 12.1 Å². The fourth-order valence-electron chi connectivity index (χ4n) is 3.10. The maximum absolute atomic E-state index is 12.8. The SMILES string of the molecule is CC(C)(C)c1ccc2c(c1)N(S(C)(=O)=O)CC(C(=O)Nc1cc([N+](=O)[O-])ccc1Cl)O2. The molecule has 0 aliphatic carbocycles. The molecule has 166 valence electrons. The summed E-state index contributed by atoms with van der Waals surface area (Å²) in [5, 5.41) is 13.6. The largest absolute Gasteiger partial charge is 0.476 e. The minimum atomic E-state index is -3.71. The van der Waals surface area contributed by atoms with Crippen LogP contribution >= 0.6 is 11.6 Å². The molecule has 0 aromatic heterocycles. The molecule has 1 heterocycles. The Kier molecular flexibility index (Phi) is 5.90. The van der Waals surface area contributed by atoms with Crippen molar-refractivity contribution < 1.29 is 22.9 Å². The zero-order valence-corrected chi connectivity index (χ0v) is 19.0. The van der Waals surface area contributed by atoms with Gasteiger partial charge in [-0.3, -0.25) is 19.2 Å². The van der Waals surface area contributed by atoms with Crippen LogP contribution in [0.4, 0.5) is 17.1 Å². The number of nitrogens with one attached hydrogen (secondary N) is 1. The second-order valence-corrected chi connectivity index (χ2v) is 10.6. The normalized spacial score (nSPS) is 16.3. The number of halogens is 1. The Morgan fingerprint density at radius 2 is 1.94 bits per heavy atom. The summed E-state index contributed by atoms with van der Waals surface area (Å²) in [6.45, 7) is 5.75. The Balaban J connectivity index is 1.94. The average Bonchev–Trinajstić information content (AvgIpc) is 2.66. The molecule has 1 amide bonds. The highest BCUT2D eigenvalue weighted by Crippen LogP contribution is 2.39. The highest BCUT2D eigenvalue weighted by Gasteiger charge is 2.36. The molecule has 3 rings (SSSR count). The van der Waals surface area contributed by atoms with E-state index < -0.39 is 27.0 Å². The van der Waals surface area contributed by atoms with E-state index in [4.69, 9.17) is 16.3 Å². The fourth-order valence-corrected chi connectivity index (χ4v) is 4.18. The van der Waals surface area contributed by atoms with Gasteiger partial charge in [-0.1, -0.05) is 38.4 Å². The predicted octanol–water partition coefficient (Wildman–Crippen LogP) is 3.71. The second kappa shape index (κ2) is 8.01. The number of rotatable bonds is 4. The van der Waals surface area contributed by atoms with Crippen molar-refractivity contribution >= 4 is 44.6 Å². The maximum Gasteiger partial charge on any atom is 0.271 e. The third-order valence-electron chi connectivity index (χ3n) is 4.81. The van der Waals surface area contributed by atoms with Gasteiger partial charge in [0.1, 0.15) is 5.75 Å². The van der Waals surface area contributed by atoms with Gasteiger partial charge in [-0.2, -0.15) is 0 Å². The lowest BCUT2D eigenvalue weighted by Crippen LogP contribution is -2.48. The number of nitrogens with zero attached hydrogens (tertiary/aromatic N) is 2. The summed E-state index contributed by atoms with van der Waals surface area (Å²) in [7, 11) is -3.71. The van der Waals surface area contributed by atoms with Gasteiger partial charge in [-0.25, -0.2) is 8.42 Å². The third-order valence-corrected chi connectivity index (χ3v) is 6.28. The van der Waals surface area contributed by atoms with Crippen molar-refractivity contribution in [3.05, 3.63) is 57.1 Å². The lowest BCUT2D eigenvalue weighted by atomic mass is 9.86. The van der Waals surface area contributed by atoms with Gasteiger partial charge in [-0.05, 0) is 29.2 Å². The zero-order chi connectivity index (χ0) is 23.1. The lowest BCUT2D eigenvalue weighted by molar-refractivity contribution is -0.384. The predicted molar refractivity (Wildman–Crippen MR) is 118 cm³/mol. The molecule has 2 aromatic rings. The van der Waals surface area contributed by atoms with E-state index in [-0.39, 0.29) is 34.1 Å². The van der Waals surface area contributed by atoms with Crippen LogP contribution in [0.5, 0.6) is 5.75 Å². The Morgan fingerprint density at radius 1 is 1.26 bits per heavy atom. The molecular formula is C20H22ClN3O6S. The number of nitro groups is 1. The van der Waals surface area contributed by atoms with E-state index in [1.165, 1.54) is 12.1 Å². The molecule has 11 heteroatoms. The number of fused-ring (bicyclic) bond motifs is 1. The number of benzene rings is 2. The van der Waals surface area contributed by atoms with Gasteiger partial charge in [0.05, 0.1) is 34.1 Å². The molecule has 0 spiro atoms. The van der Waals surface area contributed by atoms with E-state index in [9.17, 15) is 23.3 Å². The summed E-state index contributed by atoms with van der Waals surface area (Å²) in [4.78, 5) is 23.2. The first kappa shape index (κ1) is 22.8. The summed E-state index contributed by atoms with van der Waals surface area (Å²) < 4.78 is 31.8. The van der Waals surface area contributed by atoms with Crippen LogP contribution in [0.1, 0.15) is 26.3 Å². The molecule has 0 saturated heterocycles. The first-order chi connectivity index (χ1) is 14.3. The van der Waals surface area contributed by atoms with E-state index in [1.807, 2.05) is 26.8 Å². The molecular weight excluding hydrogens is 446 g/mol. The van der Waals surface area contributed by atoms with Gasteiger partial charge >= 0.3 is 0 Å². The number of anilines is 2. The second-order valence-electron chi connectivity index (χ2n) is 8.24. The minimum absolute atomic E-state index is 0.0317. The van der Waals surface area contributed by atoms with Gasteiger partial charge in [0, 0.05) is 12.1 Å². The molecule has 1 atom stereocenters. The number of carbonyl (C=O) groups is 1. The van der Waals surface area contributed by atoms with Crippen LogP contribution in [0.25, 0.3) is 0 Å². The van der Waals surface area contributed by atoms with Crippen molar-refractivity contribution in [1.82, 2.24) is 0 Å². The summed E-state index contributed by atoms with van der Waals surface area (Å²) in [6, 6.07) is 8.82.